The number of carbonyl (C=O) groups excluding carboxylic acids is 1. The van der Waals surface area contributed by atoms with Crippen molar-refractivity contribution >= 4 is 17.1 Å². The third-order valence-electron chi connectivity index (χ3n) is 2.34. The summed E-state index contributed by atoms with van der Waals surface area (Å²) in [6.45, 7) is 0.900. The Morgan fingerprint density at radius 1 is 1.33 bits per heavy atom. The van der Waals surface area contributed by atoms with Gasteiger partial charge in [-0.05, 0) is 12.1 Å². The molecule has 0 N–H and O–H groups in total. The molecule has 0 radical (unpaired) electrons. The van der Waals surface area contributed by atoms with E-state index in [1.807, 2.05) is 12.1 Å². The summed E-state index contributed by atoms with van der Waals surface area (Å²) in [6, 6.07) is 7.15. The molecule has 0 bridgehead atoms. The number of thiazole rings is 1. The molecule has 0 aliphatic rings. The molecule has 1 aromatic carbocycles. The summed E-state index contributed by atoms with van der Waals surface area (Å²) in [5, 5.41) is 1.73. The third kappa shape index (κ3) is 2.94. The van der Waals surface area contributed by atoms with E-state index in [9.17, 15) is 4.79 Å². The van der Waals surface area contributed by atoms with E-state index in [2.05, 4.69) is 4.98 Å². The number of benzene rings is 1. The van der Waals surface area contributed by atoms with Crippen LogP contribution in [0.15, 0.2) is 35.2 Å². The molecule has 0 unspecified atom stereocenters. The maximum Gasteiger partial charge on any atom is 0.215 e. The lowest BCUT2D eigenvalue weighted by atomic mass is 10.1. The van der Waals surface area contributed by atoms with Crippen LogP contribution in [0.1, 0.15) is 16.1 Å². The van der Waals surface area contributed by atoms with E-state index >= 15 is 0 Å². The minimum atomic E-state index is -0.121. The van der Waals surface area contributed by atoms with Crippen molar-refractivity contribution in [2.24, 2.45) is 0 Å². The molecule has 5 heteroatoms. The zero-order chi connectivity index (χ0) is 12.8. The predicted molar refractivity (Wildman–Crippen MR) is 69.4 cm³/mol. The Hall–Kier alpha value is -1.72. The van der Waals surface area contributed by atoms with Crippen molar-refractivity contribution in [3.8, 4) is 5.75 Å². The monoisotopic (exact) mass is 263 g/mol. The summed E-state index contributed by atoms with van der Waals surface area (Å²) in [6.07, 6.45) is 0. The Morgan fingerprint density at radius 3 is 2.89 bits per heavy atom. The molecule has 0 spiro atoms. The van der Waals surface area contributed by atoms with Gasteiger partial charge in [0.15, 0.2) is 0 Å². The number of methoxy groups -OCH3 is 1. The highest BCUT2D eigenvalue weighted by Gasteiger charge is 2.15. The second kappa shape index (κ2) is 6.28. The van der Waals surface area contributed by atoms with Crippen LogP contribution in [0.2, 0.25) is 0 Å². The van der Waals surface area contributed by atoms with Crippen LogP contribution in [-0.4, -0.2) is 31.1 Å². The van der Waals surface area contributed by atoms with Crippen molar-refractivity contribution in [3.63, 3.8) is 0 Å². The number of nitrogens with zero attached hydrogens (tertiary/aromatic N) is 1. The first-order valence-corrected chi connectivity index (χ1v) is 6.41. The minimum absolute atomic E-state index is 0.121. The highest BCUT2D eigenvalue weighted by atomic mass is 32.1. The fourth-order valence-electron chi connectivity index (χ4n) is 1.48. The average Bonchev–Trinajstić information content (AvgIpc) is 2.93. The number of hydrogen-bond donors (Lipinski definition) is 0. The molecule has 4 nitrogen and oxygen atoms in total. The van der Waals surface area contributed by atoms with E-state index in [1.54, 1.807) is 30.1 Å². The van der Waals surface area contributed by atoms with Crippen LogP contribution in [0.3, 0.4) is 0 Å². The second-order valence-corrected chi connectivity index (χ2v) is 4.26. The second-order valence-electron chi connectivity index (χ2n) is 3.54. The molecule has 94 valence electrons. The van der Waals surface area contributed by atoms with E-state index in [4.69, 9.17) is 9.47 Å². The smallest absolute Gasteiger partial charge is 0.215 e. The first kappa shape index (κ1) is 12.7. The summed E-state index contributed by atoms with van der Waals surface area (Å²) in [5.41, 5.74) is 2.61. The number of ketones is 1. The number of aromatic nitrogens is 1. The van der Waals surface area contributed by atoms with Gasteiger partial charge in [-0.3, -0.25) is 4.79 Å². The molecule has 0 saturated heterocycles. The van der Waals surface area contributed by atoms with Gasteiger partial charge < -0.3 is 9.47 Å². The Bertz CT molecular complexity index is 511. The fourth-order valence-corrected chi connectivity index (χ4v) is 2.01. The van der Waals surface area contributed by atoms with Gasteiger partial charge >= 0.3 is 0 Å². The highest BCUT2D eigenvalue weighted by Crippen LogP contribution is 2.21. The Labute approximate surface area is 109 Å². The summed E-state index contributed by atoms with van der Waals surface area (Å²) in [4.78, 5) is 16.2. The summed E-state index contributed by atoms with van der Waals surface area (Å²) in [5.74, 6) is 0.441. The van der Waals surface area contributed by atoms with Crippen molar-refractivity contribution in [1.29, 1.82) is 0 Å². The molecular formula is C13H13NO3S. The van der Waals surface area contributed by atoms with Gasteiger partial charge in [0.1, 0.15) is 18.1 Å². The molecule has 1 heterocycles. The lowest BCUT2D eigenvalue weighted by Gasteiger charge is -2.09. The molecule has 0 amide bonds. The van der Waals surface area contributed by atoms with E-state index in [0.717, 1.165) is 0 Å². The van der Waals surface area contributed by atoms with Crippen molar-refractivity contribution in [3.05, 3.63) is 46.4 Å². The molecule has 0 fully saturated rings. The van der Waals surface area contributed by atoms with Gasteiger partial charge in [-0.15, -0.1) is 11.3 Å². The van der Waals surface area contributed by atoms with Crippen LogP contribution in [0.25, 0.3) is 0 Å². The first-order chi connectivity index (χ1) is 8.83. The quantitative estimate of drug-likeness (QED) is 0.593. The van der Waals surface area contributed by atoms with E-state index in [1.165, 1.54) is 11.3 Å². The molecule has 18 heavy (non-hydrogen) atoms. The lowest BCUT2D eigenvalue weighted by Crippen LogP contribution is -2.09. The normalized spacial score (nSPS) is 10.3. The minimum Gasteiger partial charge on any atom is -0.490 e. The Kier molecular flexibility index (Phi) is 4.44. The van der Waals surface area contributed by atoms with Gasteiger partial charge in [0, 0.05) is 12.5 Å². The van der Waals surface area contributed by atoms with Gasteiger partial charge in [-0.25, -0.2) is 4.98 Å². The first-order valence-electron chi connectivity index (χ1n) is 5.46. The van der Waals surface area contributed by atoms with Crippen molar-refractivity contribution in [2.45, 2.75) is 0 Å². The maximum absolute atomic E-state index is 12.2. The van der Waals surface area contributed by atoms with Gasteiger partial charge in [0.05, 0.1) is 17.7 Å². The summed E-state index contributed by atoms with van der Waals surface area (Å²) >= 11 is 1.40. The van der Waals surface area contributed by atoms with Gasteiger partial charge in [0.2, 0.25) is 5.78 Å². The number of ether oxygens (including phenoxy) is 2. The molecule has 0 aliphatic heterocycles. The summed E-state index contributed by atoms with van der Waals surface area (Å²) < 4.78 is 10.4. The molecule has 2 rings (SSSR count). The number of para-hydroxylation sites is 1. The standard InChI is InChI=1S/C13H13NO3S/c1-16-6-7-17-12-5-3-2-4-10(12)13(15)11-8-18-9-14-11/h2-5,8-9H,6-7H2,1H3. The van der Waals surface area contributed by atoms with E-state index < -0.39 is 0 Å². The van der Waals surface area contributed by atoms with Crippen LogP contribution in [0, 0.1) is 0 Å². The third-order valence-corrected chi connectivity index (χ3v) is 2.93. The van der Waals surface area contributed by atoms with Crippen molar-refractivity contribution in [2.75, 3.05) is 20.3 Å². The van der Waals surface area contributed by atoms with Crippen molar-refractivity contribution in [1.82, 2.24) is 4.98 Å². The largest absolute Gasteiger partial charge is 0.490 e. The van der Waals surface area contributed by atoms with Gasteiger partial charge in [-0.2, -0.15) is 0 Å². The van der Waals surface area contributed by atoms with Crippen molar-refractivity contribution < 1.29 is 14.3 Å². The zero-order valence-corrected chi connectivity index (χ0v) is 10.8. The molecule has 0 aliphatic carbocycles. The number of rotatable bonds is 6. The fraction of sp³-hybridized carbons (Fsp3) is 0.231. The highest BCUT2D eigenvalue weighted by molar-refractivity contribution is 7.07. The topological polar surface area (TPSA) is 48.4 Å². The molecule has 0 atom stereocenters. The van der Waals surface area contributed by atoms with Crippen LogP contribution in [0.5, 0.6) is 5.75 Å². The van der Waals surface area contributed by atoms with Crippen LogP contribution in [0.4, 0.5) is 0 Å². The summed E-state index contributed by atoms with van der Waals surface area (Å²) in [7, 11) is 1.61. The Balaban J connectivity index is 2.19. The Morgan fingerprint density at radius 2 is 2.17 bits per heavy atom. The number of hydrogen-bond acceptors (Lipinski definition) is 5. The number of carbonyl (C=O) groups is 1. The zero-order valence-electron chi connectivity index (χ0n) is 9.96. The van der Waals surface area contributed by atoms with E-state index in [0.29, 0.717) is 30.2 Å². The van der Waals surface area contributed by atoms with Gasteiger partial charge in [0.25, 0.3) is 0 Å². The SMILES string of the molecule is COCCOc1ccccc1C(=O)c1cscn1. The molecule has 0 saturated carbocycles. The molecular weight excluding hydrogens is 250 g/mol. The maximum atomic E-state index is 12.2. The molecule has 1 aromatic heterocycles. The van der Waals surface area contributed by atoms with Gasteiger partial charge in [-0.1, -0.05) is 12.1 Å². The predicted octanol–water partition coefficient (Wildman–Crippen LogP) is 2.40. The van der Waals surface area contributed by atoms with Crippen LogP contribution in [-0.2, 0) is 4.74 Å². The van der Waals surface area contributed by atoms with E-state index in [-0.39, 0.29) is 5.78 Å². The van der Waals surface area contributed by atoms with Crippen LogP contribution >= 0.6 is 11.3 Å². The molecule has 2 aromatic rings. The van der Waals surface area contributed by atoms with Crippen LogP contribution < -0.4 is 4.74 Å². The average molecular weight is 263 g/mol. The lowest BCUT2D eigenvalue weighted by molar-refractivity contribution is 0.102.